The van der Waals surface area contributed by atoms with E-state index in [2.05, 4.69) is 36.9 Å². The van der Waals surface area contributed by atoms with Crippen LogP contribution < -0.4 is 5.63 Å². The Balaban J connectivity index is 1.79. The zero-order valence-electron chi connectivity index (χ0n) is 17.9. The number of aryl methyl sites for hydroxylation is 1. The number of esters is 1. The van der Waals surface area contributed by atoms with Crippen molar-refractivity contribution in [1.29, 1.82) is 0 Å². The highest BCUT2D eigenvalue weighted by Crippen LogP contribution is 2.30. The van der Waals surface area contributed by atoms with Gasteiger partial charge in [-0.1, -0.05) is 38.1 Å². The molecule has 5 nitrogen and oxygen atoms in total. The summed E-state index contributed by atoms with van der Waals surface area (Å²) in [6.45, 7) is 7.44. The number of carbonyl (C=O) groups excluding carboxylic acids is 1. The molecule has 1 aliphatic rings. The molecule has 3 aromatic rings. The first kappa shape index (κ1) is 20.4. The predicted octanol–water partition coefficient (Wildman–Crippen LogP) is 4.32. The van der Waals surface area contributed by atoms with Crippen molar-refractivity contribution >= 4 is 16.9 Å². The fourth-order valence-corrected chi connectivity index (χ4v) is 4.47. The van der Waals surface area contributed by atoms with E-state index in [-0.39, 0.29) is 17.6 Å². The molecule has 0 saturated heterocycles. The van der Waals surface area contributed by atoms with Crippen LogP contribution in [0.1, 0.15) is 47.6 Å². The maximum absolute atomic E-state index is 12.6. The largest absolute Gasteiger partial charge is 0.468 e. The number of benzene rings is 2. The Labute approximate surface area is 176 Å². The molecular weight excluding hydrogens is 378 g/mol. The molecule has 0 amide bonds. The van der Waals surface area contributed by atoms with E-state index in [4.69, 9.17) is 9.15 Å². The number of methoxy groups -OCH3 is 1. The van der Waals surface area contributed by atoms with E-state index in [0.29, 0.717) is 31.0 Å². The Morgan fingerprint density at radius 2 is 1.93 bits per heavy atom. The van der Waals surface area contributed by atoms with Crippen molar-refractivity contribution in [2.45, 2.75) is 52.2 Å². The van der Waals surface area contributed by atoms with Crippen LogP contribution in [0.5, 0.6) is 0 Å². The lowest BCUT2D eigenvalue weighted by Crippen LogP contribution is -2.45. The third-order valence-electron chi connectivity index (χ3n) is 6.03. The van der Waals surface area contributed by atoms with E-state index < -0.39 is 0 Å². The smallest absolute Gasteiger partial charge is 0.336 e. The highest BCUT2D eigenvalue weighted by Gasteiger charge is 2.32. The Morgan fingerprint density at radius 1 is 1.20 bits per heavy atom. The van der Waals surface area contributed by atoms with Crippen molar-refractivity contribution in [2.75, 3.05) is 7.11 Å². The highest BCUT2D eigenvalue weighted by atomic mass is 16.5. The van der Waals surface area contributed by atoms with Crippen LogP contribution in [0, 0.1) is 6.92 Å². The molecule has 0 spiro atoms. The Kier molecular flexibility index (Phi) is 5.48. The monoisotopic (exact) mass is 405 g/mol. The van der Waals surface area contributed by atoms with Crippen LogP contribution in [0.25, 0.3) is 11.0 Å². The Bertz CT molecular complexity index is 1160. The van der Waals surface area contributed by atoms with E-state index >= 15 is 0 Å². The van der Waals surface area contributed by atoms with Crippen molar-refractivity contribution < 1.29 is 13.9 Å². The molecule has 0 aliphatic carbocycles. The summed E-state index contributed by atoms with van der Waals surface area (Å²) < 4.78 is 10.6. The maximum atomic E-state index is 12.6. The van der Waals surface area contributed by atoms with Crippen LogP contribution in [0.4, 0.5) is 0 Å². The number of hydrogen-bond donors (Lipinski definition) is 0. The van der Waals surface area contributed by atoms with Gasteiger partial charge < -0.3 is 9.15 Å². The number of carbonyl (C=O) groups is 1. The predicted molar refractivity (Wildman–Crippen MR) is 117 cm³/mol. The zero-order chi connectivity index (χ0) is 21.4. The molecule has 2 heterocycles. The number of rotatable bonds is 4. The molecule has 1 aliphatic heterocycles. The first-order valence-electron chi connectivity index (χ1n) is 10.3. The molecule has 1 atom stereocenters. The quantitative estimate of drug-likeness (QED) is 0.478. The van der Waals surface area contributed by atoms with Crippen molar-refractivity contribution in [2.24, 2.45) is 0 Å². The standard InChI is InChI=1S/C25H27NO4/c1-15(2)20-12-21-19(11-24(27)30-23(21)9-16(20)3)14-26-13-18-8-6-5-7-17(18)10-22(26)25(28)29-4/h5-9,11-12,15,22H,10,13-14H2,1-4H3/t22-/m0/s1. The zero-order valence-corrected chi connectivity index (χ0v) is 17.9. The molecule has 0 unspecified atom stereocenters. The minimum Gasteiger partial charge on any atom is -0.468 e. The van der Waals surface area contributed by atoms with Gasteiger partial charge in [0.25, 0.3) is 0 Å². The van der Waals surface area contributed by atoms with E-state index in [0.717, 1.165) is 16.5 Å². The molecule has 0 fully saturated rings. The van der Waals surface area contributed by atoms with E-state index in [1.54, 1.807) is 6.07 Å². The van der Waals surface area contributed by atoms with Gasteiger partial charge in [-0.3, -0.25) is 9.69 Å². The Morgan fingerprint density at radius 3 is 2.63 bits per heavy atom. The lowest BCUT2D eigenvalue weighted by Gasteiger charge is -2.35. The van der Waals surface area contributed by atoms with Gasteiger partial charge in [0.15, 0.2) is 0 Å². The molecule has 2 aromatic carbocycles. The first-order valence-corrected chi connectivity index (χ1v) is 10.3. The fourth-order valence-electron chi connectivity index (χ4n) is 4.47. The average molecular weight is 405 g/mol. The van der Waals surface area contributed by atoms with E-state index in [9.17, 15) is 9.59 Å². The van der Waals surface area contributed by atoms with Gasteiger partial charge in [-0.2, -0.15) is 0 Å². The van der Waals surface area contributed by atoms with Crippen LogP contribution in [0.15, 0.2) is 51.7 Å². The van der Waals surface area contributed by atoms with Gasteiger partial charge >= 0.3 is 11.6 Å². The van der Waals surface area contributed by atoms with Gasteiger partial charge in [-0.25, -0.2) is 4.79 Å². The minimum atomic E-state index is -0.387. The molecule has 0 bridgehead atoms. The summed E-state index contributed by atoms with van der Waals surface area (Å²) in [6, 6.07) is 13.4. The second kappa shape index (κ2) is 8.07. The van der Waals surface area contributed by atoms with Crippen LogP contribution >= 0.6 is 0 Å². The summed E-state index contributed by atoms with van der Waals surface area (Å²) in [4.78, 5) is 26.9. The summed E-state index contributed by atoms with van der Waals surface area (Å²) in [5.41, 5.74) is 5.79. The normalized spacial score (nSPS) is 16.6. The number of nitrogens with zero attached hydrogens (tertiary/aromatic N) is 1. The molecule has 0 N–H and O–H groups in total. The summed E-state index contributed by atoms with van der Waals surface area (Å²) in [7, 11) is 1.42. The number of fused-ring (bicyclic) bond motifs is 2. The SMILES string of the molecule is COC(=O)[C@@H]1Cc2ccccc2CN1Cc1cc(=O)oc2cc(C)c(C(C)C)cc12. The molecule has 5 heteroatoms. The summed E-state index contributed by atoms with van der Waals surface area (Å²) >= 11 is 0. The molecule has 4 rings (SSSR count). The molecular formula is C25H27NO4. The second-order valence-electron chi connectivity index (χ2n) is 8.37. The third kappa shape index (κ3) is 3.77. The maximum Gasteiger partial charge on any atom is 0.336 e. The lowest BCUT2D eigenvalue weighted by atomic mass is 9.92. The Hall–Kier alpha value is -2.92. The molecule has 1 aromatic heterocycles. The van der Waals surface area contributed by atoms with Crippen LogP contribution in [0.3, 0.4) is 0 Å². The van der Waals surface area contributed by atoms with Gasteiger partial charge in [0.2, 0.25) is 0 Å². The summed E-state index contributed by atoms with van der Waals surface area (Å²) in [5.74, 6) is 0.106. The van der Waals surface area contributed by atoms with Crippen molar-refractivity contribution in [3.05, 3.63) is 80.7 Å². The average Bonchev–Trinajstić information content (AvgIpc) is 2.71. The highest BCUT2D eigenvalue weighted by molar-refractivity contribution is 5.82. The molecule has 30 heavy (non-hydrogen) atoms. The number of hydrogen-bond acceptors (Lipinski definition) is 5. The van der Waals surface area contributed by atoms with E-state index in [1.807, 2.05) is 25.1 Å². The van der Waals surface area contributed by atoms with Gasteiger partial charge in [-0.15, -0.1) is 0 Å². The minimum absolute atomic E-state index is 0.254. The summed E-state index contributed by atoms with van der Waals surface area (Å²) in [6.07, 6.45) is 0.596. The van der Waals surface area contributed by atoms with Gasteiger partial charge in [0.05, 0.1) is 7.11 Å². The van der Waals surface area contributed by atoms with Gasteiger partial charge in [0, 0.05) is 24.5 Å². The number of ether oxygens (including phenoxy) is 1. The summed E-state index contributed by atoms with van der Waals surface area (Å²) in [5, 5.41) is 0.923. The second-order valence-corrected chi connectivity index (χ2v) is 8.37. The van der Waals surface area contributed by atoms with Crippen molar-refractivity contribution in [3.63, 3.8) is 0 Å². The van der Waals surface area contributed by atoms with Gasteiger partial charge in [-0.05, 0) is 59.2 Å². The van der Waals surface area contributed by atoms with Gasteiger partial charge in [0.1, 0.15) is 11.6 Å². The molecule has 0 radical (unpaired) electrons. The topological polar surface area (TPSA) is 59.8 Å². The van der Waals surface area contributed by atoms with Crippen molar-refractivity contribution in [1.82, 2.24) is 4.90 Å². The lowest BCUT2D eigenvalue weighted by molar-refractivity contribution is -0.147. The first-order chi connectivity index (χ1) is 14.4. The molecule has 156 valence electrons. The van der Waals surface area contributed by atoms with E-state index in [1.165, 1.54) is 23.8 Å². The van der Waals surface area contributed by atoms with Crippen LogP contribution in [-0.2, 0) is 29.0 Å². The van der Waals surface area contributed by atoms with Crippen LogP contribution in [-0.4, -0.2) is 24.0 Å². The van der Waals surface area contributed by atoms with Crippen LogP contribution in [0.2, 0.25) is 0 Å². The third-order valence-corrected chi connectivity index (χ3v) is 6.03. The fraction of sp³-hybridized carbons (Fsp3) is 0.360. The van der Waals surface area contributed by atoms with Crippen molar-refractivity contribution in [3.8, 4) is 0 Å². The molecule has 0 saturated carbocycles.